The molecule has 5 nitrogen and oxygen atoms in total. The number of hydrogen-bond donors (Lipinski definition) is 2. The van der Waals surface area contributed by atoms with Gasteiger partial charge >= 0.3 is 6.18 Å². The van der Waals surface area contributed by atoms with Crippen LogP contribution in [0.15, 0.2) is 53.3 Å². The number of fused-ring (bicyclic) bond motifs is 1. The van der Waals surface area contributed by atoms with E-state index < -0.39 is 34.5 Å². The van der Waals surface area contributed by atoms with Gasteiger partial charge in [0.05, 0.1) is 11.1 Å². The number of aromatic nitrogens is 1. The number of nitrogens with zero attached hydrogens (tertiary/aromatic N) is 1. The maximum Gasteiger partial charge on any atom is 0.416 e. The number of aryl methyl sites for hydroxylation is 1. The highest BCUT2D eigenvalue weighted by Crippen LogP contribution is 2.31. The molecule has 0 bridgehead atoms. The van der Waals surface area contributed by atoms with Gasteiger partial charge in [-0.3, -0.25) is 9.59 Å². The van der Waals surface area contributed by atoms with Crippen LogP contribution < -0.4 is 10.9 Å². The van der Waals surface area contributed by atoms with Gasteiger partial charge in [0, 0.05) is 17.6 Å². The maximum atomic E-state index is 12.9. The smallest absolute Gasteiger partial charge is 0.416 e. The van der Waals surface area contributed by atoms with Crippen LogP contribution in [-0.4, -0.2) is 15.6 Å². The minimum atomic E-state index is -4.57. The summed E-state index contributed by atoms with van der Waals surface area (Å²) in [6.45, 7) is 2.18. The van der Waals surface area contributed by atoms with Crippen LogP contribution in [0.4, 0.5) is 18.9 Å². The van der Waals surface area contributed by atoms with E-state index in [9.17, 15) is 27.9 Å². The third-order valence-electron chi connectivity index (χ3n) is 4.27. The van der Waals surface area contributed by atoms with E-state index in [1.807, 2.05) is 6.92 Å². The SMILES string of the molecule is CCCn1c(=O)c(C(=O)Nc2cccc(C(F)(F)F)c2)c(O)c2ccccc21. The highest BCUT2D eigenvalue weighted by atomic mass is 19.4. The molecule has 0 aliphatic rings. The molecule has 1 aromatic heterocycles. The Labute approximate surface area is 158 Å². The number of aromatic hydroxyl groups is 1. The van der Waals surface area contributed by atoms with Gasteiger partial charge in [-0.2, -0.15) is 13.2 Å². The summed E-state index contributed by atoms with van der Waals surface area (Å²) in [6, 6.07) is 10.6. The normalized spacial score (nSPS) is 11.6. The van der Waals surface area contributed by atoms with E-state index >= 15 is 0 Å². The molecule has 2 aromatic carbocycles. The van der Waals surface area contributed by atoms with Crippen molar-refractivity contribution in [2.45, 2.75) is 26.1 Å². The second-order valence-corrected chi connectivity index (χ2v) is 6.23. The van der Waals surface area contributed by atoms with Gasteiger partial charge in [-0.1, -0.05) is 25.1 Å². The lowest BCUT2D eigenvalue weighted by Gasteiger charge is -2.15. The molecular formula is C20H17F3N2O3. The van der Waals surface area contributed by atoms with Crippen molar-refractivity contribution < 1.29 is 23.1 Å². The molecule has 0 fully saturated rings. The molecule has 3 rings (SSSR count). The van der Waals surface area contributed by atoms with Crippen LogP contribution in [0.25, 0.3) is 10.9 Å². The minimum absolute atomic E-state index is 0.131. The lowest BCUT2D eigenvalue weighted by molar-refractivity contribution is -0.137. The van der Waals surface area contributed by atoms with Gasteiger partial charge in [0.2, 0.25) is 0 Å². The quantitative estimate of drug-likeness (QED) is 0.694. The number of hydrogen-bond acceptors (Lipinski definition) is 3. The molecule has 146 valence electrons. The fourth-order valence-electron chi connectivity index (χ4n) is 3.01. The van der Waals surface area contributed by atoms with Gasteiger partial charge < -0.3 is 15.0 Å². The number of anilines is 1. The monoisotopic (exact) mass is 390 g/mol. The second kappa shape index (κ2) is 7.38. The van der Waals surface area contributed by atoms with Gasteiger partial charge in [-0.05, 0) is 36.8 Å². The van der Waals surface area contributed by atoms with E-state index in [1.54, 1.807) is 24.3 Å². The van der Waals surface area contributed by atoms with Gasteiger partial charge in [0.15, 0.2) is 0 Å². The molecule has 0 unspecified atom stereocenters. The van der Waals surface area contributed by atoms with Gasteiger partial charge in [-0.15, -0.1) is 0 Å². The summed E-state index contributed by atoms with van der Waals surface area (Å²) in [5.74, 6) is -1.48. The Hall–Kier alpha value is -3.29. The van der Waals surface area contributed by atoms with Crippen molar-refractivity contribution >= 4 is 22.5 Å². The van der Waals surface area contributed by atoms with Crippen molar-refractivity contribution in [2.24, 2.45) is 0 Å². The van der Waals surface area contributed by atoms with Crippen LogP contribution in [0, 0.1) is 0 Å². The Kier molecular flexibility index (Phi) is 5.13. The molecule has 1 amide bonds. The van der Waals surface area contributed by atoms with Crippen LogP contribution >= 0.6 is 0 Å². The third-order valence-corrected chi connectivity index (χ3v) is 4.27. The zero-order chi connectivity index (χ0) is 20.5. The molecular weight excluding hydrogens is 373 g/mol. The van der Waals surface area contributed by atoms with Crippen molar-refractivity contribution in [2.75, 3.05) is 5.32 Å². The minimum Gasteiger partial charge on any atom is -0.506 e. The molecule has 0 saturated carbocycles. The van der Waals surface area contributed by atoms with Crippen LogP contribution in [0.2, 0.25) is 0 Å². The van der Waals surface area contributed by atoms with Crippen molar-refractivity contribution in [3.63, 3.8) is 0 Å². The molecule has 8 heteroatoms. The first kappa shape index (κ1) is 19.5. The molecule has 1 heterocycles. The molecule has 3 aromatic rings. The summed E-state index contributed by atoms with van der Waals surface area (Å²) in [5.41, 5.74) is -1.81. The van der Waals surface area contributed by atoms with E-state index in [1.165, 1.54) is 10.6 Å². The molecule has 28 heavy (non-hydrogen) atoms. The Bertz CT molecular complexity index is 1100. The number of halogens is 3. The largest absolute Gasteiger partial charge is 0.506 e. The first-order valence-corrected chi connectivity index (χ1v) is 8.57. The number of carbonyl (C=O) groups is 1. The van der Waals surface area contributed by atoms with E-state index in [-0.39, 0.29) is 5.69 Å². The predicted octanol–water partition coefficient (Wildman–Crippen LogP) is 4.39. The van der Waals surface area contributed by atoms with Crippen LogP contribution in [-0.2, 0) is 12.7 Å². The highest BCUT2D eigenvalue weighted by Gasteiger charge is 2.30. The average Bonchev–Trinajstić information content (AvgIpc) is 2.65. The molecule has 0 spiro atoms. The molecule has 0 radical (unpaired) electrons. The molecule has 0 saturated heterocycles. The van der Waals surface area contributed by atoms with E-state index in [2.05, 4.69) is 5.32 Å². The number of pyridine rings is 1. The van der Waals surface area contributed by atoms with Crippen molar-refractivity contribution in [1.82, 2.24) is 4.57 Å². The summed E-state index contributed by atoms with van der Waals surface area (Å²) in [5, 5.41) is 13.1. The number of nitrogens with one attached hydrogen (secondary N) is 1. The van der Waals surface area contributed by atoms with E-state index in [4.69, 9.17) is 0 Å². The molecule has 0 aliphatic carbocycles. The first-order valence-electron chi connectivity index (χ1n) is 8.57. The van der Waals surface area contributed by atoms with Crippen molar-refractivity contribution in [3.05, 3.63) is 70.0 Å². The Morgan fingerprint density at radius 1 is 1.14 bits per heavy atom. The highest BCUT2D eigenvalue weighted by molar-refractivity contribution is 6.09. The summed E-state index contributed by atoms with van der Waals surface area (Å²) in [4.78, 5) is 25.5. The Morgan fingerprint density at radius 2 is 1.86 bits per heavy atom. The third kappa shape index (κ3) is 3.58. The Balaban J connectivity index is 2.09. The zero-order valence-electron chi connectivity index (χ0n) is 14.9. The summed E-state index contributed by atoms with van der Waals surface area (Å²) in [7, 11) is 0. The van der Waals surface area contributed by atoms with Gasteiger partial charge in [0.1, 0.15) is 11.3 Å². The lowest BCUT2D eigenvalue weighted by atomic mass is 10.1. The Morgan fingerprint density at radius 3 is 2.54 bits per heavy atom. The summed E-state index contributed by atoms with van der Waals surface area (Å²) < 4.78 is 40.0. The number of benzene rings is 2. The van der Waals surface area contributed by atoms with E-state index in [0.717, 1.165) is 18.2 Å². The van der Waals surface area contributed by atoms with Crippen molar-refractivity contribution in [1.29, 1.82) is 0 Å². The molecule has 0 atom stereocenters. The van der Waals surface area contributed by atoms with Crippen molar-refractivity contribution in [3.8, 4) is 5.75 Å². The maximum absolute atomic E-state index is 12.9. The van der Waals surface area contributed by atoms with Gasteiger partial charge in [-0.25, -0.2) is 0 Å². The van der Waals surface area contributed by atoms with Gasteiger partial charge in [0.25, 0.3) is 11.5 Å². The van der Waals surface area contributed by atoms with Crippen LogP contribution in [0.3, 0.4) is 0 Å². The van der Waals surface area contributed by atoms with E-state index in [0.29, 0.717) is 23.9 Å². The summed E-state index contributed by atoms with van der Waals surface area (Å²) >= 11 is 0. The topological polar surface area (TPSA) is 71.3 Å². The summed E-state index contributed by atoms with van der Waals surface area (Å²) in [6.07, 6.45) is -3.96. The molecule has 0 aliphatic heterocycles. The van der Waals surface area contributed by atoms with Crippen LogP contribution in [0.5, 0.6) is 5.75 Å². The number of carbonyl (C=O) groups excluding carboxylic acids is 1. The number of amides is 1. The number of rotatable bonds is 4. The fraction of sp³-hybridized carbons (Fsp3) is 0.200. The second-order valence-electron chi connectivity index (χ2n) is 6.23. The lowest BCUT2D eigenvalue weighted by Crippen LogP contribution is -2.29. The zero-order valence-corrected chi connectivity index (χ0v) is 14.9. The average molecular weight is 390 g/mol. The standard InChI is InChI=1S/C20H17F3N2O3/c1-2-10-25-15-9-4-3-8-14(15)17(26)16(19(25)28)18(27)24-13-7-5-6-12(11-13)20(21,22)23/h3-9,11,26H,2,10H2,1H3,(H,24,27). The predicted molar refractivity (Wildman–Crippen MR) is 99.6 cm³/mol. The van der Waals surface area contributed by atoms with Crippen LogP contribution in [0.1, 0.15) is 29.3 Å². The first-order chi connectivity index (χ1) is 13.2. The number of para-hydroxylation sites is 1. The fourth-order valence-corrected chi connectivity index (χ4v) is 3.01. The molecule has 2 N–H and O–H groups in total. The number of alkyl halides is 3.